The molecule has 7 nitrogen and oxygen atoms in total. The summed E-state index contributed by atoms with van der Waals surface area (Å²) in [6.45, 7) is 37.6. The lowest BCUT2D eigenvalue weighted by atomic mass is 9.76. The predicted molar refractivity (Wildman–Crippen MR) is 181 cm³/mol. The first-order valence-corrected chi connectivity index (χ1v) is 16.3. The van der Waals surface area contributed by atoms with Crippen molar-refractivity contribution in [2.75, 3.05) is 0 Å². The van der Waals surface area contributed by atoms with E-state index in [0.717, 1.165) is 12.8 Å². The van der Waals surface area contributed by atoms with E-state index in [1.807, 2.05) is 20.8 Å². The van der Waals surface area contributed by atoms with Crippen molar-refractivity contribution in [3.05, 3.63) is 0 Å². The van der Waals surface area contributed by atoms with Crippen molar-refractivity contribution in [2.45, 2.75) is 180 Å². The Hall–Kier alpha value is -1.63. The molecule has 4 N–H and O–H groups in total. The summed E-state index contributed by atoms with van der Waals surface area (Å²) in [5, 5.41) is 21.3. The van der Waals surface area contributed by atoms with Crippen molar-refractivity contribution in [3.8, 4) is 0 Å². The lowest BCUT2D eigenvalue weighted by Gasteiger charge is -2.40. The second-order valence-electron chi connectivity index (χ2n) is 20.0. The number of carbonyl (C=O) groups is 3. The number of rotatable bonds is 11. The molecule has 0 saturated carbocycles. The van der Waals surface area contributed by atoms with Gasteiger partial charge in [-0.3, -0.25) is 14.4 Å². The van der Waals surface area contributed by atoms with E-state index in [-0.39, 0.29) is 50.6 Å². The third-order valence-corrected chi connectivity index (χ3v) is 7.89. The van der Waals surface area contributed by atoms with Crippen LogP contribution in [0, 0.1) is 32.5 Å². The molecule has 0 rings (SSSR count). The van der Waals surface area contributed by atoms with Gasteiger partial charge in [0.2, 0.25) is 11.8 Å². The van der Waals surface area contributed by atoms with Gasteiger partial charge in [0.25, 0.3) is 5.91 Å². The highest BCUT2D eigenvalue weighted by molar-refractivity contribution is 5.95. The van der Waals surface area contributed by atoms with Crippen molar-refractivity contribution in [1.29, 1.82) is 0 Å². The van der Waals surface area contributed by atoms with Gasteiger partial charge in [-0.2, -0.15) is 0 Å². The first-order chi connectivity index (χ1) is 18.6. The van der Waals surface area contributed by atoms with Crippen LogP contribution in [0.15, 0.2) is 0 Å². The van der Waals surface area contributed by atoms with E-state index in [1.165, 1.54) is 0 Å². The fourth-order valence-corrected chi connectivity index (χ4v) is 5.10. The van der Waals surface area contributed by atoms with E-state index in [2.05, 4.69) is 120 Å². The van der Waals surface area contributed by atoms with Gasteiger partial charge < -0.3 is 21.1 Å². The molecule has 0 heterocycles. The molecular weight excluding hydrogens is 538 g/mol. The Balaban J connectivity index is 6.46. The first-order valence-electron chi connectivity index (χ1n) is 16.3. The maximum absolute atomic E-state index is 14.0. The number of amides is 3. The van der Waals surface area contributed by atoms with Crippen LogP contribution in [0.5, 0.6) is 0 Å². The molecule has 0 bridgehead atoms. The average Bonchev–Trinajstić information content (AvgIpc) is 2.66. The first kappa shape index (κ1) is 41.4. The van der Waals surface area contributed by atoms with Crippen molar-refractivity contribution in [1.82, 2.24) is 16.0 Å². The van der Waals surface area contributed by atoms with Crippen LogP contribution in [0.4, 0.5) is 0 Å². The summed E-state index contributed by atoms with van der Waals surface area (Å²) in [5.41, 5.74) is -3.17. The Morgan fingerprint density at radius 2 is 0.698 bits per heavy atom. The minimum absolute atomic E-state index is 0.0410. The molecule has 0 fully saturated rings. The second-order valence-corrected chi connectivity index (χ2v) is 20.0. The Bertz CT molecular complexity index is 878. The summed E-state index contributed by atoms with van der Waals surface area (Å²) in [5.74, 6) is -1.58. The number of carbonyl (C=O) groups excluding carboxylic acids is 3. The van der Waals surface area contributed by atoms with E-state index in [9.17, 15) is 19.5 Å². The lowest BCUT2D eigenvalue weighted by molar-refractivity contribution is -0.151. The lowest BCUT2D eigenvalue weighted by Crippen LogP contribution is -2.58. The fourth-order valence-electron chi connectivity index (χ4n) is 5.10. The molecule has 0 aliphatic heterocycles. The van der Waals surface area contributed by atoms with Crippen LogP contribution in [0.25, 0.3) is 0 Å². The highest BCUT2D eigenvalue weighted by Gasteiger charge is 2.45. The van der Waals surface area contributed by atoms with Crippen LogP contribution >= 0.6 is 0 Å². The zero-order valence-electron chi connectivity index (χ0n) is 31.4. The van der Waals surface area contributed by atoms with Gasteiger partial charge in [0.15, 0.2) is 5.60 Å². The Labute approximate surface area is 265 Å². The molecule has 0 saturated heterocycles. The largest absolute Gasteiger partial charge is 0.379 e. The van der Waals surface area contributed by atoms with Crippen LogP contribution in [0.3, 0.4) is 0 Å². The van der Waals surface area contributed by atoms with Crippen molar-refractivity contribution < 1.29 is 19.5 Å². The SMILES string of the molecule is CC(C)(C)CC(NC(=O)CC(O)(CC(=O)NC(CC(C)(C)C)C(C)(C)C)C(=O)NC(CC(C)(C)C)C(C)(C)C)C(C)(C)C. The molecule has 7 heteroatoms. The predicted octanol–water partition coefficient (Wildman–Crippen LogP) is 7.40. The summed E-state index contributed by atoms with van der Waals surface area (Å²) in [7, 11) is 0. The molecule has 0 radical (unpaired) electrons. The van der Waals surface area contributed by atoms with Gasteiger partial charge in [-0.05, 0) is 51.8 Å². The molecular formula is C36H71N3O4. The summed E-state index contributed by atoms with van der Waals surface area (Å²) in [6.07, 6.45) is 1.12. The van der Waals surface area contributed by atoms with Gasteiger partial charge in [-0.25, -0.2) is 0 Å². The van der Waals surface area contributed by atoms with E-state index in [1.54, 1.807) is 0 Å². The van der Waals surface area contributed by atoms with Crippen LogP contribution in [0.2, 0.25) is 0 Å². The van der Waals surface area contributed by atoms with Crippen LogP contribution in [0.1, 0.15) is 157 Å². The summed E-state index contributed by atoms with van der Waals surface area (Å²) in [6, 6.07) is -0.633. The summed E-state index contributed by atoms with van der Waals surface area (Å²) >= 11 is 0. The fraction of sp³-hybridized carbons (Fsp3) is 0.917. The maximum atomic E-state index is 14.0. The molecule has 43 heavy (non-hydrogen) atoms. The molecule has 0 aromatic heterocycles. The summed E-state index contributed by atoms with van der Waals surface area (Å²) < 4.78 is 0. The smallest absolute Gasteiger partial charge is 0.253 e. The van der Waals surface area contributed by atoms with E-state index in [0.29, 0.717) is 6.42 Å². The van der Waals surface area contributed by atoms with E-state index < -0.39 is 36.2 Å². The molecule has 3 unspecified atom stereocenters. The Morgan fingerprint density at radius 1 is 0.465 bits per heavy atom. The van der Waals surface area contributed by atoms with E-state index in [4.69, 9.17) is 0 Å². The third-order valence-electron chi connectivity index (χ3n) is 7.89. The molecule has 254 valence electrons. The number of hydrogen-bond acceptors (Lipinski definition) is 4. The monoisotopic (exact) mass is 610 g/mol. The highest BCUT2D eigenvalue weighted by atomic mass is 16.3. The summed E-state index contributed by atoms with van der Waals surface area (Å²) in [4.78, 5) is 41.2. The molecule has 3 atom stereocenters. The quantitative estimate of drug-likeness (QED) is 0.196. The normalized spacial score (nSPS) is 17.4. The Morgan fingerprint density at radius 3 is 0.907 bits per heavy atom. The molecule has 0 aromatic carbocycles. The maximum Gasteiger partial charge on any atom is 0.253 e. The zero-order chi connectivity index (χ0) is 34.6. The minimum atomic E-state index is -2.22. The number of hydrogen-bond donors (Lipinski definition) is 4. The van der Waals surface area contributed by atoms with Crippen LogP contribution in [-0.2, 0) is 14.4 Å². The topological polar surface area (TPSA) is 108 Å². The van der Waals surface area contributed by atoms with Crippen molar-refractivity contribution in [3.63, 3.8) is 0 Å². The van der Waals surface area contributed by atoms with Gasteiger partial charge in [0.1, 0.15) is 0 Å². The molecule has 3 amide bonds. The van der Waals surface area contributed by atoms with E-state index >= 15 is 0 Å². The molecule has 0 aromatic rings. The van der Waals surface area contributed by atoms with Crippen molar-refractivity contribution >= 4 is 17.7 Å². The standard InChI is InChI=1S/C36H71N3O4/c1-30(2,3)19-24(33(10,11)12)37-27(40)22-36(43,29(42)39-26(35(16,17)18)21-32(7,8)9)23-28(41)38-25(34(13,14)15)20-31(4,5)6/h24-26,43H,19-23H2,1-18H3,(H,37,40)(H,38,41)(H,39,42). The molecule has 0 aliphatic rings. The van der Waals surface area contributed by atoms with Gasteiger partial charge in [0.05, 0.1) is 12.8 Å². The van der Waals surface area contributed by atoms with Gasteiger partial charge in [-0.1, -0.05) is 125 Å². The number of nitrogens with one attached hydrogen (secondary N) is 3. The van der Waals surface area contributed by atoms with Crippen LogP contribution in [-0.4, -0.2) is 46.6 Å². The van der Waals surface area contributed by atoms with Crippen molar-refractivity contribution in [2.24, 2.45) is 32.5 Å². The zero-order valence-corrected chi connectivity index (χ0v) is 31.4. The van der Waals surface area contributed by atoms with Crippen LogP contribution < -0.4 is 16.0 Å². The second kappa shape index (κ2) is 14.2. The van der Waals surface area contributed by atoms with Gasteiger partial charge in [-0.15, -0.1) is 0 Å². The Kier molecular flexibility index (Phi) is 13.7. The molecule has 0 spiro atoms. The molecule has 0 aliphatic carbocycles. The number of aliphatic hydroxyl groups is 1. The average molecular weight is 610 g/mol. The van der Waals surface area contributed by atoms with Gasteiger partial charge >= 0.3 is 0 Å². The highest BCUT2D eigenvalue weighted by Crippen LogP contribution is 2.34. The van der Waals surface area contributed by atoms with Gasteiger partial charge in [0, 0.05) is 18.1 Å². The third kappa shape index (κ3) is 16.9. The minimum Gasteiger partial charge on any atom is -0.379 e.